The van der Waals surface area contributed by atoms with Gasteiger partial charge in [-0.2, -0.15) is 4.31 Å². The SMILES string of the molecule is CCCN(CCC)S(=O)(=O)c1ccc(NC(=O)/C=C/c2ccc(OC)cc2)cc1. The molecule has 0 aliphatic carbocycles. The van der Waals surface area contributed by atoms with Crippen LogP contribution in [0.5, 0.6) is 5.75 Å². The van der Waals surface area contributed by atoms with Gasteiger partial charge in [-0.1, -0.05) is 26.0 Å². The molecule has 0 fully saturated rings. The molecule has 2 rings (SSSR count). The lowest BCUT2D eigenvalue weighted by molar-refractivity contribution is -0.111. The van der Waals surface area contributed by atoms with E-state index in [-0.39, 0.29) is 10.8 Å². The van der Waals surface area contributed by atoms with Gasteiger partial charge in [-0.25, -0.2) is 8.42 Å². The zero-order valence-electron chi connectivity index (χ0n) is 17.1. The van der Waals surface area contributed by atoms with E-state index < -0.39 is 10.0 Å². The molecule has 0 radical (unpaired) electrons. The van der Waals surface area contributed by atoms with Gasteiger partial charge in [0, 0.05) is 24.9 Å². The van der Waals surface area contributed by atoms with E-state index >= 15 is 0 Å². The molecule has 6 nitrogen and oxygen atoms in total. The zero-order valence-corrected chi connectivity index (χ0v) is 17.9. The maximum Gasteiger partial charge on any atom is 0.248 e. The number of carbonyl (C=O) groups excluding carboxylic acids is 1. The van der Waals surface area contributed by atoms with Crippen LogP contribution in [0.1, 0.15) is 32.3 Å². The second-order valence-corrected chi connectivity index (χ2v) is 8.46. The van der Waals surface area contributed by atoms with E-state index in [4.69, 9.17) is 4.74 Å². The van der Waals surface area contributed by atoms with Crippen LogP contribution in [0.2, 0.25) is 0 Å². The molecule has 2 aromatic rings. The minimum Gasteiger partial charge on any atom is -0.497 e. The van der Waals surface area contributed by atoms with Gasteiger partial charge >= 0.3 is 0 Å². The Morgan fingerprint density at radius 1 is 1.00 bits per heavy atom. The maximum atomic E-state index is 12.8. The van der Waals surface area contributed by atoms with Crippen LogP contribution in [0.3, 0.4) is 0 Å². The summed E-state index contributed by atoms with van der Waals surface area (Å²) in [7, 11) is -1.93. The van der Waals surface area contributed by atoms with E-state index in [1.54, 1.807) is 25.3 Å². The molecule has 0 saturated heterocycles. The molecule has 0 unspecified atom stereocenters. The molecule has 0 saturated carbocycles. The molecule has 1 N–H and O–H groups in total. The van der Waals surface area contributed by atoms with Crippen molar-refractivity contribution in [3.8, 4) is 5.75 Å². The summed E-state index contributed by atoms with van der Waals surface area (Å²) in [4.78, 5) is 12.3. The van der Waals surface area contributed by atoms with Gasteiger partial charge < -0.3 is 10.1 Å². The summed E-state index contributed by atoms with van der Waals surface area (Å²) >= 11 is 0. The number of amides is 1. The van der Waals surface area contributed by atoms with Crippen molar-refractivity contribution in [1.82, 2.24) is 4.31 Å². The highest BCUT2D eigenvalue weighted by Crippen LogP contribution is 2.19. The average molecular weight is 417 g/mol. The molecule has 7 heteroatoms. The van der Waals surface area contributed by atoms with Crippen LogP contribution in [0.4, 0.5) is 5.69 Å². The predicted molar refractivity (Wildman–Crippen MR) is 116 cm³/mol. The maximum absolute atomic E-state index is 12.8. The highest BCUT2D eigenvalue weighted by molar-refractivity contribution is 7.89. The number of hydrogen-bond acceptors (Lipinski definition) is 4. The summed E-state index contributed by atoms with van der Waals surface area (Å²) in [5.74, 6) is 0.452. The summed E-state index contributed by atoms with van der Waals surface area (Å²) < 4.78 is 32.1. The van der Waals surface area contributed by atoms with E-state index in [2.05, 4.69) is 5.32 Å². The normalized spacial score (nSPS) is 11.7. The monoisotopic (exact) mass is 416 g/mol. The molecule has 0 aliphatic rings. The first-order chi connectivity index (χ1) is 13.9. The largest absolute Gasteiger partial charge is 0.497 e. The van der Waals surface area contributed by atoms with Crippen molar-refractivity contribution in [2.45, 2.75) is 31.6 Å². The standard InChI is InChI=1S/C22H28N2O4S/c1-4-16-24(17-5-2)29(26,27)21-13-9-19(10-14-21)23-22(25)15-8-18-6-11-20(28-3)12-7-18/h6-15H,4-5,16-17H2,1-3H3,(H,23,25)/b15-8+. The van der Waals surface area contributed by atoms with Crippen molar-refractivity contribution in [1.29, 1.82) is 0 Å². The van der Waals surface area contributed by atoms with Crippen LogP contribution in [-0.2, 0) is 14.8 Å². The van der Waals surface area contributed by atoms with Crippen molar-refractivity contribution >= 4 is 27.7 Å². The van der Waals surface area contributed by atoms with Crippen LogP contribution >= 0.6 is 0 Å². The van der Waals surface area contributed by atoms with Gasteiger partial charge in [-0.15, -0.1) is 0 Å². The number of anilines is 1. The molecule has 2 aromatic carbocycles. The summed E-state index contributed by atoms with van der Waals surface area (Å²) in [5.41, 5.74) is 1.40. The van der Waals surface area contributed by atoms with E-state index in [1.807, 2.05) is 38.1 Å². The van der Waals surface area contributed by atoms with Crippen LogP contribution < -0.4 is 10.1 Å². The van der Waals surface area contributed by atoms with Crippen LogP contribution in [0, 0.1) is 0 Å². The topological polar surface area (TPSA) is 75.7 Å². The number of nitrogens with one attached hydrogen (secondary N) is 1. The second kappa shape index (κ2) is 10.8. The Hall–Kier alpha value is -2.64. The summed E-state index contributed by atoms with van der Waals surface area (Å²) in [6.07, 6.45) is 4.64. The molecular formula is C22H28N2O4S. The first-order valence-electron chi connectivity index (χ1n) is 9.64. The van der Waals surface area contributed by atoms with Crippen molar-refractivity contribution in [2.24, 2.45) is 0 Å². The molecule has 29 heavy (non-hydrogen) atoms. The van der Waals surface area contributed by atoms with Crippen LogP contribution in [-0.4, -0.2) is 38.8 Å². The lowest BCUT2D eigenvalue weighted by atomic mass is 10.2. The number of rotatable bonds is 10. The van der Waals surface area contributed by atoms with Gasteiger partial charge in [0.05, 0.1) is 12.0 Å². The lowest BCUT2D eigenvalue weighted by Gasteiger charge is -2.21. The minimum atomic E-state index is -3.53. The fourth-order valence-corrected chi connectivity index (χ4v) is 4.41. The lowest BCUT2D eigenvalue weighted by Crippen LogP contribution is -2.32. The Balaban J connectivity index is 2.03. The van der Waals surface area contributed by atoms with E-state index in [0.29, 0.717) is 18.8 Å². The molecule has 0 atom stereocenters. The highest BCUT2D eigenvalue weighted by atomic mass is 32.2. The smallest absolute Gasteiger partial charge is 0.248 e. The minimum absolute atomic E-state index is 0.228. The molecule has 156 valence electrons. The van der Waals surface area contributed by atoms with Crippen LogP contribution in [0.15, 0.2) is 59.5 Å². The van der Waals surface area contributed by atoms with Gasteiger partial charge in [-0.3, -0.25) is 4.79 Å². The second-order valence-electron chi connectivity index (χ2n) is 6.52. The van der Waals surface area contributed by atoms with Gasteiger partial charge in [0.15, 0.2) is 0 Å². The van der Waals surface area contributed by atoms with Gasteiger partial charge in [0.2, 0.25) is 15.9 Å². The molecule has 0 aliphatic heterocycles. The van der Waals surface area contributed by atoms with E-state index in [0.717, 1.165) is 24.2 Å². The molecule has 0 heterocycles. The number of carbonyl (C=O) groups is 1. The summed E-state index contributed by atoms with van der Waals surface area (Å²) in [6.45, 7) is 4.89. The highest BCUT2D eigenvalue weighted by Gasteiger charge is 2.22. The predicted octanol–water partition coefficient (Wildman–Crippen LogP) is 4.16. The Bertz CT molecular complexity index is 914. The third kappa shape index (κ3) is 6.44. The van der Waals surface area contributed by atoms with Crippen molar-refractivity contribution < 1.29 is 17.9 Å². The van der Waals surface area contributed by atoms with Gasteiger partial charge in [0.1, 0.15) is 5.75 Å². The Kier molecular flexibility index (Phi) is 8.42. The van der Waals surface area contributed by atoms with Gasteiger partial charge in [-0.05, 0) is 60.9 Å². The number of ether oxygens (including phenoxy) is 1. The average Bonchev–Trinajstić information content (AvgIpc) is 2.73. The van der Waals surface area contributed by atoms with E-state index in [9.17, 15) is 13.2 Å². The fraction of sp³-hybridized carbons (Fsp3) is 0.318. The number of methoxy groups -OCH3 is 1. The molecule has 0 bridgehead atoms. The van der Waals surface area contributed by atoms with Crippen molar-refractivity contribution in [2.75, 3.05) is 25.5 Å². The molecule has 1 amide bonds. The number of sulfonamides is 1. The number of benzene rings is 2. The van der Waals surface area contributed by atoms with E-state index in [1.165, 1.54) is 22.5 Å². The summed E-state index contributed by atoms with van der Waals surface area (Å²) in [5, 5.41) is 2.73. The Morgan fingerprint density at radius 2 is 1.59 bits per heavy atom. The Morgan fingerprint density at radius 3 is 2.10 bits per heavy atom. The molecular weight excluding hydrogens is 388 g/mol. The van der Waals surface area contributed by atoms with Gasteiger partial charge in [0.25, 0.3) is 0 Å². The van der Waals surface area contributed by atoms with Crippen LogP contribution in [0.25, 0.3) is 6.08 Å². The number of hydrogen-bond donors (Lipinski definition) is 1. The fourth-order valence-electron chi connectivity index (χ4n) is 2.78. The summed E-state index contributed by atoms with van der Waals surface area (Å²) in [6, 6.07) is 13.6. The molecule has 0 aromatic heterocycles. The first kappa shape index (κ1) is 22.6. The third-order valence-electron chi connectivity index (χ3n) is 4.25. The van der Waals surface area contributed by atoms with Crippen molar-refractivity contribution in [3.05, 3.63) is 60.2 Å². The quantitative estimate of drug-likeness (QED) is 0.590. The van der Waals surface area contributed by atoms with Crippen molar-refractivity contribution in [3.63, 3.8) is 0 Å². The molecule has 0 spiro atoms. The zero-order chi connectivity index (χ0) is 21.3. The Labute approximate surface area is 173 Å². The number of nitrogens with zero attached hydrogens (tertiary/aromatic N) is 1. The first-order valence-corrected chi connectivity index (χ1v) is 11.1. The third-order valence-corrected chi connectivity index (χ3v) is 6.16.